The number of benzene rings is 1. The number of carbonyl (C=O) groups excluding carboxylic acids is 1. The number of nitrogens with two attached hydrogens (primary N) is 1. The summed E-state index contributed by atoms with van der Waals surface area (Å²) in [6, 6.07) is -2.26. The number of carbonyl (C=O) groups is 1. The van der Waals surface area contributed by atoms with Crippen molar-refractivity contribution in [1.82, 2.24) is 0 Å². The molecule has 1 aromatic carbocycles. The fourth-order valence-corrected chi connectivity index (χ4v) is 1.40. The first kappa shape index (κ1) is 15.4. The van der Waals surface area contributed by atoms with Gasteiger partial charge in [0, 0.05) is 11.6 Å². The van der Waals surface area contributed by atoms with Crippen LogP contribution in [0.5, 0.6) is 0 Å². The summed E-state index contributed by atoms with van der Waals surface area (Å²) in [4.78, 5) is 11.0. The van der Waals surface area contributed by atoms with Gasteiger partial charge in [0.1, 0.15) is 0 Å². The van der Waals surface area contributed by atoms with E-state index in [1.807, 2.05) is 0 Å². The molecule has 0 bridgehead atoms. The molecule has 2 atom stereocenters. The Kier molecular flexibility index (Phi) is 4.82. The third kappa shape index (κ3) is 3.01. The molecule has 1 aromatic rings. The molecule has 2 N–H and O–H groups in total. The summed E-state index contributed by atoms with van der Waals surface area (Å²) in [5.74, 6) is -8.64. The summed E-state index contributed by atoms with van der Waals surface area (Å²) in [7, 11) is 0. The van der Waals surface area contributed by atoms with Crippen molar-refractivity contribution in [2.75, 3.05) is 6.61 Å². The Morgan fingerprint density at radius 1 is 1.26 bits per heavy atom. The van der Waals surface area contributed by atoms with Crippen molar-refractivity contribution in [2.45, 2.75) is 19.1 Å². The molecule has 0 aliphatic rings. The molecule has 1 unspecified atom stereocenters. The van der Waals surface area contributed by atoms with Crippen molar-refractivity contribution in [3.8, 4) is 0 Å². The first-order chi connectivity index (χ1) is 8.81. The van der Waals surface area contributed by atoms with Crippen molar-refractivity contribution < 1.29 is 31.5 Å². The first-order valence-corrected chi connectivity index (χ1v) is 5.20. The summed E-state index contributed by atoms with van der Waals surface area (Å²) >= 11 is 0. The Hall–Kier alpha value is -1.70. The topological polar surface area (TPSA) is 52.3 Å². The third-order valence-electron chi connectivity index (χ3n) is 2.31. The summed E-state index contributed by atoms with van der Waals surface area (Å²) in [6.07, 6.45) is -2.65. The number of hydrogen-bond acceptors (Lipinski definition) is 3. The van der Waals surface area contributed by atoms with E-state index in [0.717, 1.165) is 0 Å². The monoisotopic (exact) mass is 283 g/mol. The lowest BCUT2D eigenvalue weighted by atomic mass is 10.0. The van der Waals surface area contributed by atoms with Gasteiger partial charge in [-0.1, -0.05) is 0 Å². The molecule has 0 saturated heterocycles. The molecule has 0 aromatic heterocycles. The van der Waals surface area contributed by atoms with E-state index < -0.39 is 47.0 Å². The molecule has 8 heteroatoms. The first-order valence-electron chi connectivity index (χ1n) is 5.20. The van der Waals surface area contributed by atoms with Gasteiger partial charge in [0.05, 0.1) is 12.6 Å². The molecule has 3 nitrogen and oxygen atoms in total. The zero-order valence-electron chi connectivity index (χ0n) is 9.72. The zero-order chi connectivity index (χ0) is 14.7. The SMILES string of the molecule is CCOC(=O)C(F)[C@H](N)c1c(F)c(F)cc(F)c1F. The molecule has 0 fully saturated rings. The molecule has 0 saturated carbocycles. The van der Waals surface area contributed by atoms with E-state index in [2.05, 4.69) is 4.74 Å². The van der Waals surface area contributed by atoms with Crippen molar-refractivity contribution in [3.05, 3.63) is 34.9 Å². The number of esters is 1. The molecule has 0 amide bonds. The molecule has 1 rings (SSSR count). The maximum atomic E-state index is 13.5. The van der Waals surface area contributed by atoms with E-state index in [1.165, 1.54) is 6.92 Å². The smallest absolute Gasteiger partial charge is 0.342 e. The summed E-state index contributed by atoms with van der Waals surface area (Å²) in [5.41, 5.74) is 3.74. The van der Waals surface area contributed by atoms with E-state index in [4.69, 9.17) is 5.73 Å². The molecule has 0 aliphatic carbocycles. The van der Waals surface area contributed by atoms with Gasteiger partial charge in [-0.05, 0) is 6.92 Å². The van der Waals surface area contributed by atoms with E-state index in [1.54, 1.807) is 0 Å². The highest BCUT2D eigenvalue weighted by molar-refractivity contribution is 5.75. The van der Waals surface area contributed by atoms with Crippen molar-refractivity contribution in [3.63, 3.8) is 0 Å². The van der Waals surface area contributed by atoms with Gasteiger partial charge in [0.25, 0.3) is 0 Å². The van der Waals surface area contributed by atoms with Gasteiger partial charge < -0.3 is 10.5 Å². The largest absolute Gasteiger partial charge is 0.464 e. The van der Waals surface area contributed by atoms with Crippen LogP contribution in [0.3, 0.4) is 0 Å². The fraction of sp³-hybridized carbons (Fsp3) is 0.364. The number of halogens is 5. The maximum absolute atomic E-state index is 13.5. The van der Waals surface area contributed by atoms with Crippen LogP contribution in [0.25, 0.3) is 0 Å². The molecular weight excluding hydrogens is 273 g/mol. The zero-order valence-corrected chi connectivity index (χ0v) is 9.72. The van der Waals surface area contributed by atoms with Gasteiger partial charge in [-0.25, -0.2) is 26.7 Å². The molecule has 0 aliphatic heterocycles. The van der Waals surface area contributed by atoms with Crippen LogP contribution in [0.1, 0.15) is 18.5 Å². The average Bonchev–Trinajstić information content (AvgIpc) is 2.36. The molecule has 0 heterocycles. The highest BCUT2D eigenvalue weighted by Crippen LogP contribution is 2.27. The van der Waals surface area contributed by atoms with Gasteiger partial charge in [-0.2, -0.15) is 0 Å². The maximum Gasteiger partial charge on any atom is 0.342 e. The minimum atomic E-state index is -2.65. The molecule has 0 spiro atoms. The van der Waals surface area contributed by atoms with E-state index >= 15 is 0 Å². The average molecular weight is 283 g/mol. The predicted octanol–water partition coefficient (Wildman–Crippen LogP) is 2.14. The minimum absolute atomic E-state index is 0.0432. The lowest BCUT2D eigenvalue weighted by Crippen LogP contribution is -2.33. The Bertz CT molecular complexity index is 468. The summed E-state index contributed by atoms with van der Waals surface area (Å²) in [6.45, 7) is 1.19. The van der Waals surface area contributed by atoms with Gasteiger partial charge in [-0.15, -0.1) is 0 Å². The predicted molar refractivity (Wildman–Crippen MR) is 54.7 cm³/mol. The highest BCUT2D eigenvalue weighted by atomic mass is 19.2. The number of alkyl halides is 1. The highest BCUT2D eigenvalue weighted by Gasteiger charge is 2.34. The fourth-order valence-electron chi connectivity index (χ4n) is 1.40. The van der Waals surface area contributed by atoms with Crippen LogP contribution < -0.4 is 5.73 Å². The number of rotatable bonds is 4. The second-order valence-corrected chi connectivity index (χ2v) is 3.56. The summed E-state index contributed by atoms with van der Waals surface area (Å²) < 4.78 is 70.2. The standard InChI is InChI=1S/C11H10F5NO2/c1-2-19-11(18)9(16)10(17)6-7(14)4(12)3-5(13)8(6)15/h3,9-10H,2,17H2,1H3/t9?,10-/m1/s1. The van der Waals surface area contributed by atoms with Gasteiger partial charge in [0.15, 0.2) is 23.3 Å². The normalized spacial score (nSPS) is 14.1. The molecule has 106 valence electrons. The van der Waals surface area contributed by atoms with Crippen LogP contribution in [-0.2, 0) is 9.53 Å². The van der Waals surface area contributed by atoms with Crippen molar-refractivity contribution in [1.29, 1.82) is 0 Å². The minimum Gasteiger partial charge on any atom is -0.464 e. The van der Waals surface area contributed by atoms with Gasteiger partial charge in [-0.3, -0.25) is 0 Å². The van der Waals surface area contributed by atoms with Gasteiger partial charge in [0.2, 0.25) is 6.17 Å². The van der Waals surface area contributed by atoms with Crippen molar-refractivity contribution >= 4 is 5.97 Å². The number of ether oxygens (including phenoxy) is 1. The van der Waals surface area contributed by atoms with Gasteiger partial charge >= 0.3 is 5.97 Å². The van der Waals surface area contributed by atoms with E-state index in [0.29, 0.717) is 0 Å². The van der Waals surface area contributed by atoms with E-state index in [-0.39, 0.29) is 12.7 Å². The molecule has 0 radical (unpaired) electrons. The quantitative estimate of drug-likeness (QED) is 0.523. The second kappa shape index (κ2) is 5.96. The third-order valence-corrected chi connectivity index (χ3v) is 2.31. The van der Waals surface area contributed by atoms with Crippen LogP contribution >= 0.6 is 0 Å². The van der Waals surface area contributed by atoms with Crippen molar-refractivity contribution in [2.24, 2.45) is 5.73 Å². The second-order valence-electron chi connectivity index (χ2n) is 3.56. The molecule has 19 heavy (non-hydrogen) atoms. The Balaban J connectivity index is 3.19. The Morgan fingerprint density at radius 2 is 1.74 bits per heavy atom. The lowest BCUT2D eigenvalue weighted by Gasteiger charge is -2.17. The lowest BCUT2D eigenvalue weighted by molar-refractivity contribution is -0.150. The van der Waals surface area contributed by atoms with Crippen LogP contribution in [0, 0.1) is 23.3 Å². The van der Waals surface area contributed by atoms with Crippen LogP contribution in [0.15, 0.2) is 6.07 Å². The summed E-state index contributed by atoms with van der Waals surface area (Å²) in [5, 5.41) is 0. The van der Waals surface area contributed by atoms with Crippen LogP contribution in [0.4, 0.5) is 22.0 Å². The van der Waals surface area contributed by atoms with Crippen LogP contribution in [0.2, 0.25) is 0 Å². The number of hydrogen-bond donors (Lipinski definition) is 1. The Labute approximate surface area is 105 Å². The molecular formula is C11H10F5NO2. The van der Waals surface area contributed by atoms with Crippen LogP contribution in [-0.4, -0.2) is 18.7 Å². The Morgan fingerprint density at radius 3 is 2.16 bits per heavy atom. The van der Waals surface area contributed by atoms with E-state index in [9.17, 15) is 26.7 Å².